The van der Waals surface area contributed by atoms with Gasteiger partial charge in [0.2, 0.25) is 0 Å². The third-order valence-electron chi connectivity index (χ3n) is 8.15. The number of esters is 3. The third-order valence-corrected chi connectivity index (χ3v) is 8.15. The van der Waals surface area contributed by atoms with Crippen LogP contribution in [0.25, 0.3) is 0 Å². The highest BCUT2D eigenvalue weighted by Crippen LogP contribution is 2.10. The number of carbonyl (C=O) groups excluding carboxylic acids is 3. The van der Waals surface area contributed by atoms with Crippen LogP contribution in [0.5, 0.6) is 0 Å². The predicted octanol–water partition coefficient (Wildman–Crippen LogP) is 13.4. The van der Waals surface area contributed by atoms with Crippen LogP contribution < -0.4 is 0 Å². The zero-order chi connectivity index (χ0) is 40.1. The first-order chi connectivity index (χ1) is 27.0. The molecule has 6 nitrogen and oxygen atoms in total. The molecular weight excluding hydrogens is 685 g/mol. The molecule has 306 valence electrons. The van der Waals surface area contributed by atoms with E-state index in [0.717, 1.165) is 89.9 Å². The molecule has 0 aliphatic heterocycles. The quantitative estimate of drug-likeness (QED) is 0.0277. The Morgan fingerprint density at radius 1 is 0.382 bits per heavy atom. The lowest BCUT2D eigenvalue weighted by Gasteiger charge is -2.18. The van der Waals surface area contributed by atoms with Crippen molar-refractivity contribution in [2.45, 2.75) is 155 Å². The smallest absolute Gasteiger partial charge is 0.306 e. The molecule has 1 unspecified atom stereocenters. The maximum atomic E-state index is 12.7. The van der Waals surface area contributed by atoms with E-state index in [1.54, 1.807) is 0 Å². The highest BCUT2D eigenvalue weighted by molar-refractivity contribution is 5.71. The van der Waals surface area contributed by atoms with Crippen LogP contribution in [0.4, 0.5) is 0 Å². The Kier molecular flexibility index (Phi) is 39.3. The second kappa shape index (κ2) is 42.6. The minimum atomic E-state index is -0.826. The maximum absolute atomic E-state index is 12.7. The lowest BCUT2D eigenvalue weighted by atomic mass is 10.1. The Labute approximate surface area is 335 Å². The van der Waals surface area contributed by atoms with Crippen molar-refractivity contribution in [2.75, 3.05) is 13.2 Å². The van der Waals surface area contributed by atoms with Gasteiger partial charge in [0.15, 0.2) is 6.10 Å². The summed E-state index contributed by atoms with van der Waals surface area (Å²) in [6.07, 6.45) is 57.5. The van der Waals surface area contributed by atoms with E-state index in [0.29, 0.717) is 19.3 Å². The summed E-state index contributed by atoms with van der Waals surface area (Å²) in [4.78, 5) is 37.6. The lowest BCUT2D eigenvalue weighted by molar-refractivity contribution is -0.167. The molecule has 0 amide bonds. The zero-order valence-corrected chi connectivity index (χ0v) is 34.6. The second-order valence-electron chi connectivity index (χ2n) is 13.3. The minimum absolute atomic E-state index is 0.126. The van der Waals surface area contributed by atoms with Crippen LogP contribution in [0.15, 0.2) is 122 Å². The van der Waals surface area contributed by atoms with Crippen LogP contribution in [0.1, 0.15) is 149 Å². The molecule has 0 heterocycles. The monoisotopic (exact) mass is 759 g/mol. The van der Waals surface area contributed by atoms with Crippen molar-refractivity contribution < 1.29 is 28.6 Å². The third kappa shape index (κ3) is 40.8. The molecule has 0 N–H and O–H groups in total. The van der Waals surface area contributed by atoms with Gasteiger partial charge < -0.3 is 14.2 Å². The van der Waals surface area contributed by atoms with Gasteiger partial charge in [-0.3, -0.25) is 14.4 Å². The number of allylic oxidation sites excluding steroid dienone is 20. The fourth-order valence-corrected chi connectivity index (χ4v) is 4.97. The summed E-state index contributed by atoms with van der Waals surface area (Å²) in [5, 5.41) is 0. The molecular formula is C49H74O6. The van der Waals surface area contributed by atoms with Gasteiger partial charge in [-0.05, 0) is 77.0 Å². The van der Waals surface area contributed by atoms with Gasteiger partial charge in [-0.1, -0.05) is 174 Å². The summed E-state index contributed by atoms with van der Waals surface area (Å²) in [5.41, 5.74) is 0. The van der Waals surface area contributed by atoms with Crippen molar-refractivity contribution >= 4 is 17.9 Å². The first-order valence-electron chi connectivity index (χ1n) is 21.2. The van der Waals surface area contributed by atoms with Crippen molar-refractivity contribution in [1.29, 1.82) is 0 Å². The molecule has 0 aliphatic carbocycles. The van der Waals surface area contributed by atoms with E-state index in [4.69, 9.17) is 14.2 Å². The molecule has 0 radical (unpaired) electrons. The van der Waals surface area contributed by atoms with Crippen molar-refractivity contribution in [3.63, 3.8) is 0 Å². The summed E-state index contributed by atoms with van der Waals surface area (Å²) < 4.78 is 16.6. The van der Waals surface area contributed by atoms with Crippen molar-refractivity contribution in [3.8, 4) is 0 Å². The highest BCUT2D eigenvalue weighted by Gasteiger charge is 2.19. The van der Waals surface area contributed by atoms with E-state index < -0.39 is 6.10 Å². The van der Waals surface area contributed by atoms with E-state index in [2.05, 4.69) is 69.4 Å². The van der Waals surface area contributed by atoms with Crippen LogP contribution in [-0.2, 0) is 28.6 Å². The van der Waals surface area contributed by atoms with Crippen molar-refractivity contribution in [2.24, 2.45) is 0 Å². The van der Waals surface area contributed by atoms with Gasteiger partial charge in [0.25, 0.3) is 0 Å². The van der Waals surface area contributed by atoms with E-state index in [1.807, 2.05) is 72.9 Å². The number of ether oxygens (including phenoxy) is 3. The fraction of sp³-hybridized carbons (Fsp3) is 0.531. The molecule has 0 aromatic heterocycles. The highest BCUT2D eigenvalue weighted by atomic mass is 16.6. The molecule has 0 aromatic rings. The zero-order valence-electron chi connectivity index (χ0n) is 34.6. The average Bonchev–Trinajstić information content (AvgIpc) is 3.18. The molecule has 0 fully saturated rings. The Morgan fingerprint density at radius 2 is 0.709 bits per heavy atom. The van der Waals surface area contributed by atoms with E-state index >= 15 is 0 Å². The molecule has 0 saturated carbocycles. The Hall–Kier alpha value is -4.19. The molecule has 6 heteroatoms. The van der Waals surface area contributed by atoms with Gasteiger partial charge in [0, 0.05) is 19.3 Å². The van der Waals surface area contributed by atoms with Crippen LogP contribution in [0, 0.1) is 0 Å². The van der Waals surface area contributed by atoms with Gasteiger partial charge in [0.1, 0.15) is 13.2 Å². The Bertz CT molecular complexity index is 1240. The van der Waals surface area contributed by atoms with Gasteiger partial charge in [-0.2, -0.15) is 0 Å². The predicted molar refractivity (Wildman–Crippen MR) is 233 cm³/mol. The summed E-state index contributed by atoms with van der Waals surface area (Å²) in [6, 6.07) is 0. The average molecular weight is 759 g/mol. The number of carbonyl (C=O) groups is 3. The van der Waals surface area contributed by atoms with Crippen LogP contribution in [0.3, 0.4) is 0 Å². The summed E-state index contributed by atoms with van der Waals surface area (Å²) in [6.45, 7) is 6.16. The summed E-state index contributed by atoms with van der Waals surface area (Å²) in [7, 11) is 0. The van der Waals surface area contributed by atoms with Crippen molar-refractivity contribution in [1.82, 2.24) is 0 Å². The van der Waals surface area contributed by atoms with Gasteiger partial charge in [-0.15, -0.1) is 0 Å². The first kappa shape index (κ1) is 50.8. The van der Waals surface area contributed by atoms with Gasteiger partial charge in [-0.25, -0.2) is 0 Å². The van der Waals surface area contributed by atoms with Gasteiger partial charge in [0.05, 0.1) is 0 Å². The number of unbranched alkanes of at least 4 members (excludes halogenated alkanes) is 11. The van der Waals surface area contributed by atoms with Crippen LogP contribution in [-0.4, -0.2) is 37.2 Å². The number of hydrogen-bond acceptors (Lipinski definition) is 6. The molecule has 0 bridgehead atoms. The summed E-state index contributed by atoms with van der Waals surface area (Å²) in [5.74, 6) is -1.05. The number of rotatable bonds is 35. The van der Waals surface area contributed by atoms with Gasteiger partial charge >= 0.3 is 17.9 Å². The minimum Gasteiger partial charge on any atom is -0.462 e. The second-order valence-corrected chi connectivity index (χ2v) is 13.3. The molecule has 0 rings (SSSR count). The molecule has 0 aromatic carbocycles. The first-order valence-corrected chi connectivity index (χ1v) is 21.2. The maximum Gasteiger partial charge on any atom is 0.306 e. The van der Waals surface area contributed by atoms with E-state index in [9.17, 15) is 14.4 Å². The SMILES string of the molecule is CC\C=C/C=C\C=C/C=C\CCCCCC(=O)OCC(COC(=O)CCCCC/C=C\C=C/CCCC)OC(=O)CCCCC\C=C/C=C\C=C/C=C\CC. The number of hydrogen-bond donors (Lipinski definition) is 0. The van der Waals surface area contributed by atoms with E-state index in [-0.39, 0.29) is 37.5 Å². The van der Waals surface area contributed by atoms with Crippen molar-refractivity contribution in [3.05, 3.63) is 122 Å². The Balaban J connectivity index is 4.61. The fourth-order valence-electron chi connectivity index (χ4n) is 4.97. The lowest BCUT2D eigenvalue weighted by Crippen LogP contribution is -2.30. The molecule has 1 atom stereocenters. The summed E-state index contributed by atoms with van der Waals surface area (Å²) >= 11 is 0. The normalized spacial score (nSPS) is 13.3. The Morgan fingerprint density at radius 3 is 1.09 bits per heavy atom. The molecule has 0 saturated heterocycles. The standard InChI is InChI=1S/C49H74O6/c1-4-7-10-13-16-19-22-24-27-30-33-36-39-42-48(51)54-45-46(44-53-47(50)41-38-35-32-29-26-21-18-15-12-9-6-3)55-49(52)43-40-37-34-31-28-25-23-20-17-14-11-8-5-2/h7-8,10-11,13-28,46H,4-6,9,12,29-45H2,1-3H3/b10-7-,11-8-,16-13-,17-14-,18-15-,22-19-,23-20-,26-21-,27-24-,28-25-. The van der Waals surface area contributed by atoms with Crippen LogP contribution >= 0.6 is 0 Å². The topological polar surface area (TPSA) is 78.9 Å². The van der Waals surface area contributed by atoms with E-state index in [1.165, 1.54) is 12.8 Å². The van der Waals surface area contributed by atoms with Crippen LogP contribution in [0.2, 0.25) is 0 Å². The largest absolute Gasteiger partial charge is 0.462 e. The molecule has 55 heavy (non-hydrogen) atoms. The molecule has 0 spiro atoms. The molecule has 0 aliphatic rings.